The Bertz CT molecular complexity index is 960. The first-order valence-electron chi connectivity index (χ1n) is 7.90. The Morgan fingerprint density at radius 2 is 1.83 bits per heavy atom. The van der Waals surface area contributed by atoms with E-state index in [9.17, 15) is 38.1 Å². The van der Waals surface area contributed by atoms with Crippen LogP contribution in [0.3, 0.4) is 0 Å². The van der Waals surface area contributed by atoms with Crippen molar-refractivity contribution in [1.82, 2.24) is 4.90 Å². The first kappa shape index (κ1) is 23.3. The second-order valence-corrected chi connectivity index (χ2v) is 10.2. The molecule has 3 aliphatic rings. The van der Waals surface area contributed by atoms with Crippen LogP contribution in [0.5, 0.6) is 0 Å². The molecule has 0 aromatic heterocycles. The van der Waals surface area contributed by atoms with E-state index in [1.165, 1.54) is 11.2 Å². The van der Waals surface area contributed by atoms with Gasteiger partial charge in [0.25, 0.3) is 21.6 Å². The maximum absolute atomic E-state index is 11.8. The fourth-order valence-corrected chi connectivity index (χ4v) is 5.59. The molecular formula is C10H12N5O12P3-4. The van der Waals surface area contributed by atoms with Crippen molar-refractivity contribution in [2.24, 2.45) is 20.7 Å². The largest absolute Gasteiger partial charge is 0.790 e. The Morgan fingerprint density at radius 3 is 2.50 bits per heavy atom. The van der Waals surface area contributed by atoms with Crippen molar-refractivity contribution < 1.29 is 55.9 Å². The number of fused-ring (bicyclic) bond motifs is 1. The Balaban J connectivity index is 1.54. The van der Waals surface area contributed by atoms with Gasteiger partial charge in [0, 0.05) is 0 Å². The number of ether oxygens (including phenoxy) is 1. The molecule has 0 aliphatic carbocycles. The summed E-state index contributed by atoms with van der Waals surface area (Å²) >= 11 is 0. The number of nitrogens with zero attached hydrogens (tertiary/aromatic N) is 4. The first-order valence-corrected chi connectivity index (χ1v) is 12.3. The summed E-state index contributed by atoms with van der Waals surface area (Å²) < 4.78 is 49.4. The third kappa shape index (κ3) is 5.87. The van der Waals surface area contributed by atoms with E-state index in [1.807, 2.05) is 0 Å². The maximum atomic E-state index is 11.8. The van der Waals surface area contributed by atoms with Gasteiger partial charge in [-0.1, -0.05) is 0 Å². The lowest BCUT2D eigenvalue weighted by molar-refractivity contribution is -0.339. The zero-order valence-corrected chi connectivity index (χ0v) is 17.2. The molecule has 0 aromatic rings. The van der Waals surface area contributed by atoms with Crippen molar-refractivity contribution in [3.05, 3.63) is 0 Å². The van der Waals surface area contributed by atoms with Crippen LogP contribution in [0.15, 0.2) is 15.0 Å². The Morgan fingerprint density at radius 1 is 1.13 bits per heavy atom. The van der Waals surface area contributed by atoms with Crippen molar-refractivity contribution >= 4 is 47.5 Å². The van der Waals surface area contributed by atoms with Crippen LogP contribution >= 0.6 is 23.5 Å². The van der Waals surface area contributed by atoms with Gasteiger partial charge >= 0.3 is 0 Å². The van der Waals surface area contributed by atoms with Crippen LogP contribution in [0, 0.1) is 0 Å². The normalized spacial score (nSPS) is 30.5. The number of nitrogens with two attached hydrogens (primary N) is 1. The highest BCUT2D eigenvalue weighted by Gasteiger charge is 2.41. The number of hydrogen-bond acceptors (Lipinski definition) is 16. The molecule has 20 heteroatoms. The van der Waals surface area contributed by atoms with E-state index < -0.39 is 54.4 Å². The standard InChI is InChI=1S/C10H16N5O12P3/c11-10-13-8-7(9(16)14-10)12-4-15(8)6-2-1-5(25-6)3-24-29(20,21)27-30(22,23)26-28(17,18)19/h4-7H,1-3H2,(H,20,21)(H,22,23)(H2,11,14,16)(H2,17,18,19)/p-4/t5?,6-,7?/m1/s1. The van der Waals surface area contributed by atoms with Crippen LogP contribution in [-0.2, 0) is 36.4 Å². The quantitative estimate of drug-likeness (QED) is 0.323. The molecule has 17 nitrogen and oxygen atoms in total. The fourth-order valence-electron chi connectivity index (χ4n) is 2.71. The van der Waals surface area contributed by atoms with E-state index in [2.05, 4.69) is 28.1 Å². The van der Waals surface area contributed by atoms with Gasteiger partial charge in [0.2, 0.25) is 5.96 Å². The van der Waals surface area contributed by atoms with Crippen molar-refractivity contribution in [3.63, 3.8) is 0 Å². The van der Waals surface area contributed by atoms with E-state index in [4.69, 9.17) is 10.5 Å². The van der Waals surface area contributed by atoms with Crippen molar-refractivity contribution in [1.29, 1.82) is 0 Å². The summed E-state index contributed by atoms with van der Waals surface area (Å²) in [7, 11) is -17.7. The zero-order chi connectivity index (χ0) is 22.3. The number of rotatable bonds is 8. The highest BCUT2D eigenvalue weighted by molar-refractivity contribution is 7.64. The highest BCUT2D eigenvalue weighted by Crippen LogP contribution is 2.60. The predicted molar refractivity (Wildman–Crippen MR) is 87.0 cm³/mol. The molecule has 1 saturated heterocycles. The average molecular weight is 487 g/mol. The molecule has 5 atom stereocenters. The van der Waals surface area contributed by atoms with Gasteiger partial charge < -0.3 is 39.1 Å². The smallest absolute Gasteiger partial charge is 0.281 e. The number of hydrogen-bond donors (Lipinski definition) is 1. The monoisotopic (exact) mass is 487 g/mol. The van der Waals surface area contributed by atoms with E-state index in [1.54, 1.807) is 0 Å². The van der Waals surface area contributed by atoms with Crippen LogP contribution in [0.25, 0.3) is 0 Å². The third-order valence-electron chi connectivity index (χ3n) is 3.75. The van der Waals surface area contributed by atoms with Gasteiger partial charge in [0.1, 0.15) is 6.23 Å². The fraction of sp³-hybridized carbons (Fsp3) is 0.600. The summed E-state index contributed by atoms with van der Waals surface area (Å²) in [5.74, 6) is -0.682. The molecule has 4 unspecified atom stereocenters. The zero-order valence-electron chi connectivity index (χ0n) is 14.5. The number of phosphoric acid groups is 3. The molecule has 168 valence electrons. The molecule has 1 fully saturated rings. The minimum Gasteiger partial charge on any atom is -0.790 e. The molecule has 0 saturated carbocycles. The van der Waals surface area contributed by atoms with Gasteiger partial charge in [-0.25, -0.2) is 4.31 Å². The van der Waals surface area contributed by atoms with E-state index in [0.717, 1.165) is 0 Å². The molecule has 3 heterocycles. The molecule has 0 radical (unpaired) electrons. The van der Waals surface area contributed by atoms with Crippen LogP contribution in [0.2, 0.25) is 0 Å². The number of aliphatic imine (C=N–C) groups is 3. The number of amides is 1. The Kier molecular flexibility index (Phi) is 6.45. The number of carbonyl (C=O) groups is 1. The molecule has 0 bridgehead atoms. The molecule has 3 rings (SSSR count). The number of carbonyl (C=O) groups excluding carboxylic acids is 1. The van der Waals surface area contributed by atoms with E-state index >= 15 is 0 Å². The van der Waals surface area contributed by atoms with Crippen LogP contribution in [0.1, 0.15) is 12.8 Å². The van der Waals surface area contributed by atoms with Crippen molar-refractivity contribution in [3.8, 4) is 0 Å². The van der Waals surface area contributed by atoms with Gasteiger partial charge in [0.05, 0.1) is 26.9 Å². The minimum atomic E-state index is -6.07. The Hall–Kier alpha value is -1.35. The molecule has 0 spiro atoms. The molecular weight excluding hydrogens is 475 g/mol. The van der Waals surface area contributed by atoms with Crippen LogP contribution in [0.4, 0.5) is 0 Å². The lowest BCUT2D eigenvalue weighted by atomic mass is 10.2. The summed E-state index contributed by atoms with van der Waals surface area (Å²) in [6.07, 6.45) is 0.278. The summed E-state index contributed by atoms with van der Waals surface area (Å²) in [6, 6.07) is -0.962. The topological polar surface area (TPSA) is 264 Å². The van der Waals surface area contributed by atoms with Gasteiger partial charge in [-0.05, 0) is 12.8 Å². The highest BCUT2D eigenvalue weighted by atomic mass is 31.3. The van der Waals surface area contributed by atoms with E-state index in [0.29, 0.717) is 6.42 Å². The number of guanidine groups is 1. The number of phosphoric ester groups is 1. The van der Waals surface area contributed by atoms with Crippen LogP contribution < -0.4 is 25.3 Å². The van der Waals surface area contributed by atoms with Gasteiger partial charge in [-0.2, -0.15) is 9.98 Å². The predicted octanol–water partition coefficient (Wildman–Crippen LogP) is -3.73. The lowest BCUT2D eigenvalue weighted by Gasteiger charge is -2.37. The number of amidine groups is 1. The molecule has 30 heavy (non-hydrogen) atoms. The van der Waals surface area contributed by atoms with E-state index in [-0.39, 0.29) is 18.2 Å². The molecule has 3 aliphatic heterocycles. The second kappa shape index (κ2) is 8.30. The second-order valence-electron chi connectivity index (χ2n) is 5.94. The summed E-state index contributed by atoms with van der Waals surface area (Å²) in [5, 5.41) is 0. The minimum absolute atomic E-state index is 0.181. The lowest BCUT2D eigenvalue weighted by Crippen LogP contribution is -2.44. The maximum Gasteiger partial charge on any atom is 0.281 e. The molecule has 0 aromatic carbocycles. The SMILES string of the molecule is NC1=NC(=O)C2N=CN([C@H]3CCC(COP(=O)([O-])OP(=O)([O-])OP(=O)([O-])[O-])O3)C2=N1. The van der Waals surface area contributed by atoms with Gasteiger partial charge in [0.15, 0.2) is 11.9 Å². The summed E-state index contributed by atoms with van der Waals surface area (Å²) in [5.41, 5.74) is 5.46. The van der Waals surface area contributed by atoms with Crippen molar-refractivity contribution in [2.45, 2.75) is 31.2 Å². The molecule has 1 amide bonds. The molecule has 2 N–H and O–H groups in total. The van der Waals surface area contributed by atoms with Gasteiger partial charge in [-0.3, -0.25) is 28.1 Å². The third-order valence-corrected chi connectivity index (χ3v) is 7.42. The van der Waals surface area contributed by atoms with Crippen molar-refractivity contribution in [2.75, 3.05) is 6.61 Å². The summed E-state index contributed by atoms with van der Waals surface area (Å²) in [4.78, 5) is 67.8. The Labute approximate surface area is 167 Å². The first-order chi connectivity index (χ1) is 13.7. The van der Waals surface area contributed by atoms with Crippen LogP contribution in [-0.4, -0.2) is 53.9 Å². The summed E-state index contributed by atoms with van der Waals surface area (Å²) in [6.45, 7) is -0.701. The van der Waals surface area contributed by atoms with Gasteiger partial charge in [-0.15, -0.1) is 0 Å². The average Bonchev–Trinajstić information content (AvgIpc) is 3.15.